The molecule has 0 bridgehead atoms. The second-order valence-corrected chi connectivity index (χ2v) is 3.34. The van der Waals surface area contributed by atoms with E-state index in [9.17, 15) is 4.79 Å². The van der Waals surface area contributed by atoms with Gasteiger partial charge in [-0.2, -0.15) is 0 Å². The van der Waals surface area contributed by atoms with E-state index in [1.807, 2.05) is 36.7 Å². The Balaban J connectivity index is 2.57. The average molecular weight is 188 g/mol. The monoisotopic (exact) mass is 188 g/mol. The Hall–Kier alpha value is -1.64. The molecule has 0 atom stereocenters. The summed E-state index contributed by atoms with van der Waals surface area (Å²) in [6, 6.07) is 5.64. The van der Waals surface area contributed by atoms with Crippen LogP contribution in [0.1, 0.15) is 23.7 Å². The number of carbonyl (C=O) groups excluding carboxylic acids is 1. The van der Waals surface area contributed by atoms with Gasteiger partial charge in [0.1, 0.15) is 0 Å². The van der Waals surface area contributed by atoms with Gasteiger partial charge in [-0.15, -0.1) is 0 Å². The first kappa shape index (κ1) is 8.94. The van der Waals surface area contributed by atoms with Gasteiger partial charge in [0.15, 0.2) is 5.78 Å². The predicted octanol–water partition coefficient (Wildman–Crippen LogP) is 2.17. The lowest BCUT2D eigenvalue weighted by Gasteiger charge is -1.98. The van der Waals surface area contributed by atoms with Gasteiger partial charge in [-0.05, 0) is 18.2 Å². The highest BCUT2D eigenvalue weighted by molar-refractivity contribution is 5.98. The van der Waals surface area contributed by atoms with E-state index in [1.165, 1.54) is 0 Å². The number of rotatable bonds is 2. The molecule has 72 valence electrons. The second kappa shape index (κ2) is 3.25. The van der Waals surface area contributed by atoms with Crippen molar-refractivity contribution in [1.82, 2.24) is 9.55 Å². The number of aryl methyl sites for hydroxylation is 1. The molecule has 1 aromatic heterocycles. The topological polar surface area (TPSA) is 34.9 Å². The highest BCUT2D eigenvalue weighted by atomic mass is 16.1. The van der Waals surface area contributed by atoms with Crippen molar-refractivity contribution in [2.45, 2.75) is 13.3 Å². The first-order chi connectivity index (χ1) is 6.72. The molecule has 0 aliphatic carbocycles. The highest BCUT2D eigenvalue weighted by Crippen LogP contribution is 2.14. The van der Waals surface area contributed by atoms with Crippen LogP contribution in [0.25, 0.3) is 11.0 Å². The van der Waals surface area contributed by atoms with Gasteiger partial charge in [-0.1, -0.05) is 6.92 Å². The van der Waals surface area contributed by atoms with Crippen LogP contribution < -0.4 is 0 Å². The standard InChI is InChI=1S/C11H12N2O/c1-3-11(14)8-4-5-10-9(6-8)12-7-13(10)2/h4-7H,3H2,1-2H3. The Labute approximate surface area is 82.4 Å². The van der Waals surface area contributed by atoms with E-state index in [-0.39, 0.29) is 5.78 Å². The van der Waals surface area contributed by atoms with E-state index < -0.39 is 0 Å². The number of ketones is 1. The lowest BCUT2D eigenvalue weighted by Crippen LogP contribution is -1.96. The molecule has 0 N–H and O–H groups in total. The predicted molar refractivity (Wildman–Crippen MR) is 55.3 cm³/mol. The Morgan fingerprint density at radius 3 is 3.00 bits per heavy atom. The third-order valence-electron chi connectivity index (χ3n) is 2.37. The summed E-state index contributed by atoms with van der Waals surface area (Å²) >= 11 is 0. The molecular formula is C11H12N2O. The summed E-state index contributed by atoms with van der Waals surface area (Å²) in [6.45, 7) is 1.87. The Morgan fingerprint density at radius 2 is 2.29 bits per heavy atom. The molecule has 14 heavy (non-hydrogen) atoms. The van der Waals surface area contributed by atoms with Crippen molar-refractivity contribution in [3.8, 4) is 0 Å². The van der Waals surface area contributed by atoms with E-state index in [0.29, 0.717) is 6.42 Å². The number of benzene rings is 1. The molecule has 0 radical (unpaired) electrons. The van der Waals surface area contributed by atoms with Crippen LogP contribution in [0, 0.1) is 0 Å². The van der Waals surface area contributed by atoms with Crippen molar-refractivity contribution in [2.24, 2.45) is 7.05 Å². The number of nitrogens with zero attached hydrogens (tertiary/aromatic N) is 2. The largest absolute Gasteiger partial charge is 0.334 e. The van der Waals surface area contributed by atoms with Crippen molar-refractivity contribution in [3.63, 3.8) is 0 Å². The smallest absolute Gasteiger partial charge is 0.162 e. The molecule has 2 rings (SSSR count). The number of hydrogen-bond acceptors (Lipinski definition) is 2. The Morgan fingerprint density at radius 1 is 1.50 bits per heavy atom. The van der Waals surface area contributed by atoms with Crippen molar-refractivity contribution < 1.29 is 4.79 Å². The number of hydrogen-bond donors (Lipinski definition) is 0. The molecule has 0 aliphatic rings. The fraction of sp³-hybridized carbons (Fsp3) is 0.273. The Kier molecular flexibility index (Phi) is 2.08. The zero-order valence-corrected chi connectivity index (χ0v) is 8.32. The first-order valence-electron chi connectivity index (χ1n) is 4.66. The van der Waals surface area contributed by atoms with Gasteiger partial charge in [-0.25, -0.2) is 4.98 Å². The van der Waals surface area contributed by atoms with Gasteiger partial charge in [0.05, 0.1) is 17.4 Å². The quantitative estimate of drug-likeness (QED) is 0.677. The van der Waals surface area contributed by atoms with Crippen molar-refractivity contribution in [3.05, 3.63) is 30.1 Å². The molecule has 0 spiro atoms. The molecule has 0 saturated heterocycles. The molecule has 0 fully saturated rings. The average Bonchev–Trinajstić information content (AvgIpc) is 2.59. The SMILES string of the molecule is CCC(=O)c1ccc2c(c1)ncn2C. The van der Waals surface area contributed by atoms with Crippen LogP contribution in [0.5, 0.6) is 0 Å². The van der Waals surface area contributed by atoms with Crippen molar-refractivity contribution in [2.75, 3.05) is 0 Å². The minimum Gasteiger partial charge on any atom is -0.334 e. The summed E-state index contributed by atoms with van der Waals surface area (Å²) in [5.41, 5.74) is 2.68. The van der Waals surface area contributed by atoms with Crippen LogP contribution in [0.3, 0.4) is 0 Å². The molecule has 0 saturated carbocycles. The second-order valence-electron chi connectivity index (χ2n) is 3.34. The lowest BCUT2D eigenvalue weighted by atomic mass is 10.1. The Bertz CT molecular complexity index is 485. The van der Waals surface area contributed by atoms with Gasteiger partial charge in [-0.3, -0.25) is 4.79 Å². The van der Waals surface area contributed by atoms with E-state index in [4.69, 9.17) is 0 Å². The van der Waals surface area contributed by atoms with Crippen LogP contribution >= 0.6 is 0 Å². The fourth-order valence-corrected chi connectivity index (χ4v) is 1.51. The maximum Gasteiger partial charge on any atom is 0.162 e. The van der Waals surface area contributed by atoms with Crippen LogP contribution in [0.15, 0.2) is 24.5 Å². The summed E-state index contributed by atoms with van der Waals surface area (Å²) in [7, 11) is 1.94. The minimum atomic E-state index is 0.164. The molecule has 3 heteroatoms. The highest BCUT2D eigenvalue weighted by Gasteiger charge is 2.05. The molecule has 2 aromatic rings. The van der Waals surface area contributed by atoms with Gasteiger partial charge in [0.2, 0.25) is 0 Å². The summed E-state index contributed by atoms with van der Waals surface area (Å²) in [4.78, 5) is 15.6. The van der Waals surface area contributed by atoms with E-state index >= 15 is 0 Å². The number of imidazole rings is 1. The maximum absolute atomic E-state index is 11.4. The van der Waals surface area contributed by atoms with E-state index in [1.54, 1.807) is 6.33 Å². The third-order valence-corrected chi connectivity index (χ3v) is 2.37. The first-order valence-corrected chi connectivity index (χ1v) is 4.66. The van der Waals surface area contributed by atoms with Crippen molar-refractivity contribution >= 4 is 16.8 Å². The van der Waals surface area contributed by atoms with Crippen LogP contribution in [-0.4, -0.2) is 15.3 Å². The van der Waals surface area contributed by atoms with Crippen LogP contribution in [0.4, 0.5) is 0 Å². The molecular weight excluding hydrogens is 176 g/mol. The third kappa shape index (κ3) is 1.31. The van der Waals surface area contributed by atoms with Crippen LogP contribution in [-0.2, 0) is 7.05 Å². The zero-order chi connectivity index (χ0) is 10.1. The summed E-state index contributed by atoms with van der Waals surface area (Å²) in [5, 5.41) is 0. The molecule has 1 heterocycles. The molecule has 1 aromatic carbocycles. The summed E-state index contributed by atoms with van der Waals surface area (Å²) in [5.74, 6) is 0.164. The number of Topliss-reactive ketones (excluding diaryl/α,β-unsaturated/α-hetero) is 1. The molecule has 0 amide bonds. The zero-order valence-electron chi connectivity index (χ0n) is 8.32. The van der Waals surface area contributed by atoms with E-state index in [2.05, 4.69) is 4.98 Å². The maximum atomic E-state index is 11.4. The number of fused-ring (bicyclic) bond motifs is 1. The number of aromatic nitrogens is 2. The number of carbonyl (C=O) groups is 1. The normalized spacial score (nSPS) is 10.7. The van der Waals surface area contributed by atoms with E-state index in [0.717, 1.165) is 16.6 Å². The minimum absolute atomic E-state index is 0.164. The lowest BCUT2D eigenvalue weighted by molar-refractivity contribution is 0.0988. The summed E-state index contributed by atoms with van der Waals surface area (Å²) in [6.07, 6.45) is 2.29. The van der Waals surface area contributed by atoms with Gasteiger partial charge in [0, 0.05) is 19.0 Å². The molecule has 3 nitrogen and oxygen atoms in total. The van der Waals surface area contributed by atoms with Gasteiger partial charge in [0.25, 0.3) is 0 Å². The molecule has 0 aliphatic heterocycles. The fourth-order valence-electron chi connectivity index (χ4n) is 1.51. The molecule has 0 unspecified atom stereocenters. The summed E-state index contributed by atoms with van der Waals surface area (Å²) < 4.78 is 1.94. The van der Waals surface area contributed by atoms with Gasteiger partial charge < -0.3 is 4.57 Å². The van der Waals surface area contributed by atoms with Crippen molar-refractivity contribution in [1.29, 1.82) is 0 Å². The van der Waals surface area contributed by atoms with Crippen LogP contribution in [0.2, 0.25) is 0 Å². The van der Waals surface area contributed by atoms with Gasteiger partial charge >= 0.3 is 0 Å².